The Hall–Kier alpha value is -16.1. The van der Waals surface area contributed by atoms with Gasteiger partial charge in [-0.25, -0.2) is 29.9 Å². The van der Waals surface area contributed by atoms with Gasteiger partial charge in [-0.3, -0.25) is 0 Å². The van der Waals surface area contributed by atoms with Crippen molar-refractivity contribution in [3.63, 3.8) is 0 Å². The Morgan fingerprint density at radius 2 is 0.397 bits per heavy atom. The van der Waals surface area contributed by atoms with Gasteiger partial charge in [0, 0.05) is 77.2 Å². The normalized spacial score (nSPS) is 11.7. The summed E-state index contributed by atoms with van der Waals surface area (Å²) in [6, 6.07) is 134. The van der Waals surface area contributed by atoms with Gasteiger partial charge in [0.25, 0.3) is 0 Å². The molecule has 0 aliphatic carbocycles. The Morgan fingerprint density at radius 3 is 0.667 bits per heavy atom. The zero-order chi connectivity index (χ0) is 85.6. The van der Waals surface area contributed by atoms with Crippen molar-refractivity contribution in [3.8, 4) is 158 Å². The van der Waals surface area contributed by atoms with Gasteiger partial charge in [-0.15, -0.1) is 0 Å². The topological polar surface area (TPSA) is 87.2 Å². The first kappa shape index (κ1) is 78.5. The number of hydrogen-bond donors (Lipinski definition) is 0. The van der Waals surface area contributed by atoms with E-state index in [0.29, 0.717) is 62.8 Å². The van der Waals surface area contributed by atoms with Gasteiger partial charge in [0.2, 0.25) is 0 Å². The van der Waals surface area contributed by atoms with Crippen molar-refractivity contribution < 1.29 is 26.3 Å². The van der Waals surface area contributed by atoms with Crippen LogP contribution in [0.2, 0.25) is 0 Å². The van der Waals surface area contributed by atoms with Crippen molar-refractivity contribution in [2.24, 2.45) is 0 Å². The van der Waals surface area contributed by atoms with E-state index in [-0.39, 0.29) is 0 Å². The number of aryl methyl sites for hydroxylation is 2. The summed E-state index contributed by atoms with van der Waals surface area (Å²) in [6.45, 7) is 4.10. The largest absolute Gasteiger partial charge is 0.416 e. The average molecular weight is 1650 g/mol. The van der Waals surface area contributed by atoms with Crippen molar-refractivity contribution in [1.82, 2.24) is 39.0 Å². The summed E-state index contributed by atoms with van der Waals surface area (Å²) in [5, 5.41) is 4.19. The third-order valence-corrected chi connectivity index (χ3v) is 23.1. The molecule has 17 aromatic carbocycles. The van der Waals surface area contributed by atoms with Crippen LogP contribution < -0.4 is 0 Å². The molecule has 0 atom stereocenters. The summed E-state index contributed by atoms with van der Waals surface area (Å²) < 4.78 is 89.4. The summed E-state index contributed by atoms with van der Waals surface area (Å²) in [6.07, 6.45) is -9.01. The molecule has 0 saturated heterocycles. The van der Waals surface area contributed by atoms with Crippen LogP contribution >= 0.6 is 0 Å². The fourth-order valence-electron chi connectivity index (χ4n) is 16.8. The van der Waals surface area contributed by atoms with Crippen LogP contribution in [0.5, 0.6) is 0 Å². The Kier molecular flexibility index (Phi) is 20.6. The fourth-order valence-corrected chi connectivity index (χ4v) is 16.8. The first-order chi connectivity index (χ1) is 61.5. The minimum absolute atomic E-state index is 0.429. The van der Waals surface area contributed by atoms with E-state index in [1.807, 2.05) is 207 Å². The fraction of sp³-hybridized carbons (Fsp3) is 0.0357. The van der Waals surface area contributed by atoms with E-state index < -0.39 is 23.5 Å². The molecular weight excluding hydrogens is 1570 g/mol. The van der Waals surface area contributed by atoms with Gasteiger partial charge in [-0.2, -0.15) is 26.3 Å². The molecule has 0 unspecified atom stereocenters. The second kappa shape index (κ2) is 33.1. The number of fused-ring (bicyclic) bond motifs is 6. The van der Waals surface area contributed by atoms with E-state index in [1.54, 1.807) is 24.3 Å². The molecule has 4 heterocycles. The molecule has 21 aromatic rings. The van der Waals surface area contributed by atoms with Crippen molar-refractivity contribution >= 4 is 43.6 Å². The molecule has 0 N–H and O–H groups in total. The quantitative estimate of drug-likeness (QED) is 0.0951. The summed E-state index contributed by atoms with van der Waals surface area (Å²) in [4.78, 5) is 30.3. The van der Waals surface area contributed by atoms with Crippen LogP contribution in [0.3, 0.4) is 0 Å². The highest BCUT2D eigenvalue weighted by molar-refractivity contribution is 6.14. The highest BCUT2D eigenvalue weighted by Crippen LogP contribution is 2.49. The molecule has 4 aromatic heterocycles. The first-order valence-electron chi connectivity index (χ1n) is 41.4. The molecule has 0 amide bonds. The van der Waals surface area contributed by atoms with Crippen molar-refractivity contribution in [3.05, 3.63) is 435 Å². The van der Waals surface area contributed by atoms with Crippen LogP contribution in [0.4, 0.5) is 26.3 Å². The van der Waals surface area contributed by atoms with E-state index in [1.165, 1.54) is 0 Å². The minimum atomic E-state index is -4.51. The summed E-state index contributed by atoms with van der Waals surface area (Å²) in [5.74, 6) is 2.88. The molecule has 21 rings (SSSR count). The van der Waals surface area contributed by atoms with Gasteiger partial charge in [0.05, 0.1) is 44.6 Å². The Labute approximate surface area is 723 Å². The average Bonchev–Trinajstić information content (AvgIpc) is 1.55. The second-order valence-corrected chi connectivity index (χ2v) is 31.3. The predicted octanol–water partition coefficient (Wildman–Crippen LogP) is 30.3. The molecule has 0 fully saturated rings. The van der Waals surface area contributed by atoms with Gasteiger partial charge in [-0.1, -0.05) is 333 Å². The molecule has 0 radical (unpaired) electrons. The Balaban J connectivity index is 0.000000160. The lowest BCUT2D eigenvalue weighted by molar-refractivity contribution is -0.138. The minimum Gasteiger partial charge on any atom is -0.308 e. The Morgan fingerprint density at radius 1 is 0.183 bits per heavy atom. The van der Waals surface area contributed by atoms with Crippen molar-refractivity contribution in [2.45, 2.75) is 26.2 Å². The number of rotatable bonds is 15. The highest BCUT2D eigenvalue weighted by atomic mass is 19.4. The number of nitrogens with zero attached hydrogens (tertiary/aromatic N) is 8. The molecule has 8 nitrogen and oxygen atoms in total. The van der Waals surface area contributed by atoms with Crippen LogP contribution in [0.15, 0.2) is 413 Å². The molecule has 0 saturated carbocycles. The van der Waals surface area contributed by atoms with Gasteiger partial charge in [0.1, 0.15) is 0 Å². The molecule has 0 spiro atoms. The van der Waals surface area contributed by atoms with Gasteiger partial charge < -0.3 is 9.13 Å². The molecular formula is C112H74F6N8. The Bertz CT molecular complexity index is 7390. The second-order valence-electron chi connectivity index (χ2n) is 31.3. The lowest BCUT2D eigenvalue weighted by Gasteiger charge is -2.21. The molecule has 126 heavy (non-hydrogen) atoms. The van der Waals surface area contributed by atoms with Crippen molar-refractivity contribution in [2.75, 3.05) is 0 Å². The zero-order valence-corrected chi connectivity index (χ0v) is 68.1. The molecule has 14 heteroatoms. The van der Waals surface area contributed by atoms with Gasteiger partial charge in [-0.05, 0) is 160 Å². The lowest BCUT2D eigenvalue weighted by atomic mass is 9.91. The zero-order valence-electron chi connectivity index (χ0n) is 68.1. The monoisotopic (exact) mass is 1640 g/mol. The van der Waals surface area contributed by atoms with E-state index in [0.717, 1.165) is 174 Å². The van der Waals surface area contributed by atoms with Crippen molar-refractivity contribution in [1.29, 1.82) is 0 Å². The summed E-state index contributed by atoms with van der Waals surface area (Å²) in [5.41, 5.74) is 23.6. The maximum Gasteiger partial charge on any atom is 0.416 e. The number of halogens is 6. The highest BCUT2D eigenvalue weighted by Gasteiger charge is 2.33. The SMILES string of the molecule is Cc1ccc(-c2cc(-c3nc(-c4ccccc4)nc(-c4ccccc4)n3)cc(-c3ccc(C(F)(F)F)cc3)c2-n2c3ccc(-c4ccccc4)cc3c3cc(-c4ccccc4)ccc32)cc1.Cc1ccc(-c2cc(-c3nc(-c4ccccc4)nc(-c4ccccc4)n3)cc(-c3ccc(C(F)(F)F)cc3)c2-n2c3ccccc3c3cc(-c4ccccc4)ccc32)cc1. The number of benzene rings is 17. The van der Waals surface area contributed by atoms with Crippen LogP contribution in [-0.4, -0.2) is 39.0 Å². The van der Waals surface area contributed by atoms with E-state index in [4.69, 9.17) is 29.9 Å². The molecule has 0 bridgehead atoms. The van der Waals surface area contributed by atoms with Crippen LogP contribution in [-0.2, 0) is 12.4 Å². The molecule has 0 aliphatic heterocycles. The van der Waals surface area contributed by atoms with Crippen LogP contribution in [0, 0.1) is 13.8 Å². The van der Waals surface area contributed by atoms with Crippen LogP contribution in [0.1, 0.15) is 22.3 Å². The summed E-state index contributed by atoms with van der Waals surface area (Å²) in [7, 11) is 0. The first-order valence-corrected chi connectivity index (χ1v) is 41.4. The number of alkyl halides is 6. The third kappa shape index (κ3) is 15.5. The van der Waals surface area contributed by atoms with E-state index in [9.17, 15) is 26.3 Å². The molecule has 604 valence electrons. The smallest absolute Gasteiger partial charge is 0.308 e. The third-order valence-electron chi connectivity index (χ3n) is 23.1. The number of para-hydroxylation sites is 1. The maximum absolute atomic E-state index is 14.2. The van der Waals surface area contributed by atoms with Gasteiger partial charge in [0.15, 0.2) is 34.9 Å². The summed E-state index contributed by atoms with van der Waals surface area (Å²) >= 11 is 0. The number of aromatic nitrogens is 8. The number of hydrogen-bond acceptors (Lipinski definition) is 6. The maximum atomic E-state index is 14.2. The predicted molar refractivity (Wildman–Crippen MR) is 498 cm³/mol. The molecule has 0 aliphatic rings. The van der Waals surface area contributed by atoms with Crippen LogP contribution in [0.25, 0.3) is 201 Å². The van der Waals surface area contributed by atoms with Gasteiger partial charge >= 0.3 is 12.4 Å². The van der Waals surface area contributed by atoms with E-state index in [2.05, 4.69) is 180 Å². The standard InChI is InChI=1S/C59H39F3N4.C53H35F3N4/c1-38-22-24-41(25-23-38)49-36-47(58-64-56(43-18-10-4-11-19-43)63-57(65-58)44-20-12-5-13-21-44)37-50(42-26-30-48(31-27-42)59(60,61)62)55(49)66-53-32-28-45(39-14-6-2-7-15-39)34-51(53)52-35-46(29-33-54(52)66)40-16-8-3-9-17-40;1-34-21-23-36(24-22-34)44-32-41(52-58-50(38-15-7-3-8-16-38)57-51(59-52)39-17-9-4-10-18-39)33-45(37-25-28-42(29-26-37)53(54,55)56)49(44)60-47-20-12-11-19-43(47)46-31-40(27-30-48(46)60)35-13-5-2-6-14-35/h2-37H,1H3;2-33H,1H3. The van der Waals surface area contributed by atoms with E-state index >= 15 is 0 Å². The lowest BCUT2D eigenvalue weighted by Crippen LogP contribution is -2.05.